The minimum Gasteiger partial charge on any atom is -0.469 e. The van der Waals surface area contributed by atoms with Gasteiger partial charge in [0.15, 0.2) is 0 Å². The van der Waals surface area contributed by atoms with Gasteiger partial charge in [0, 0.05) is 44.2 Å². The van der Waals surface area contributed by atoms with Gasteiger partial charge in [-0.1, -0.05) is 30.3 Å². The van der Waals surface area contributed by atoms with Gasteiger partial charge in [0.25, 0.3) is 0 Å². The highest BCUT2D eigenvalue weighted by molar-refractivity contribution is 5.83. The lowest BCUT2D eigenvalue weighted by molar-refractivity contribution is -0.190. The minimum absolute atomic E-state index is 0.0490. The fourth-order valence-corrected chi connectivity index (χ4v) is 5.11. The number of nitrogens with one attached hydrogen (secondary N) is 1. The van der Waals surface area contributed by atoms with Gasteiger partial charge in [-0.15, -0.1) is 0 Å². The first-order valence-corrected chi connectivity index (χ1v) is 10.7. The lowest BCUT2D eigenvalue weighted by Crippen LogP contribution is -2.71. The molecule has 1 aromatic carbocycles. The summed E-state index contributed by atoms with van der Waals surface area (Å²) in [7, 11) is 1.35. The van der Waals surface area contributed by atoms with Gasteiger partial charge in [0.05, 0.1) is 19.1 Å². The van der Waals surface area contributed by atoms with Crippen molar-refractivity contribution in [1.29, 1.82) is 0 Å². The van der Waals surface area contributed by atoms with Crippen LogP contribution in [0, 0.1) is 0 Å². The van der Waals surface area contributed by atoms with Crippen molar-refractivity contribution < 1.29 is 27.5 Å². The van der Waals surface area contributed by atoms with Gasteiger partial charge in [-0.3, -0.25) is 14.5 Å². The van der Waals surface area contributed by atoms with E-state index in [4.69, 9.17) is 4.74 Å². The van der Waals surface area contributed by atoms with Crippen molar-refractivity contribution in [2.45, 2.75) is 55.4 Å². The van der Waals surface area contributed by atoms with Gasteiger partial charge in [0.2, 0.25) is 0 Å². The molecule has 0 bridgehead atoms. The van der Waals surface area contributed by atoms with Crippen molar-refractivity contribution in [2.24, 2.45) is 0 Å². The maximum Gasteiger partial charge on any atom is 0.471 e. The number of methoxy groups -OCH3 is 1. The van der Waals surface area contributed by atoms with Gasteiger partial charge in [-0.05, 0) is 24.8 Å². The Labute approximate surface area is 179 Å². The van der Waals surface area contributed by atoms with E-state index >= 15 is 0 Å². The highest BCUT2D eigenvalue weighted by atomic mass is 19.4. The molecule has 1 unspecified atom stereocenters. The van der Waals surface area contributed by atoms with Crippen LogP contribution in [0.25, 0.3) is 0 Å². The lowest BCUT2D eigenvalue weighted by Gasteiger charge is -2.53. The number of likely N-dealkylation sites (tertiary alicyclic amines) is 1. The number of carbonyl (C=O) groups excluding carboxylic acids is 2. The summed E-state index contributed by atoms with van der Waals surface area (Å²) in [5, 5.41) is 3.19. The smallest absolute Gasteiger partial charge is 0.469 e. The van der Waals surface area contributed by atoms with Crippen LogP contribution in [0.4, 0.5) is 13.2 Å². The van der Waals surface area contributed by atoms with Crippen molar-refractivity contribution in [3.8, 4) is 0 Å². The molecule has 1 amide bonds. The van der Waals surface area contributed by atoms with Gasteiger partial charge in [0.1, 0.15) is 0 Å². The molecule has 3 fully saturated rings. The molecule has 1 N–H and O–H groups in total. The van der Waals surface area contributed by atoms with Crippen LogP contribution >= 0.6 is 0 Å². The van der Waals surface area contributed by atoms with E-state index in [0.717, 1.165) is 10.5 Å². The zero-order valence-corrected chi connectivity index (χ0v) is 17.5. The first kappa shape index (κ1) is 22.1. The second-order valence-electron chi connectivity index (χ2n) is 8.83. The molecule has 1 aromatic rings. The summed E-state index contributed by atoms with van der Waals surface area (Å²) in [4.78, 5) is 27.5. The monoisotopic (exact) mass is 439 g/mol. The molecule has 31 heavy (non-hydrogen) atoms. The average Bonchev–Trinajstić information content (AvgIpc) is 3.51. The van der Waals surface area contributed by atoms with Crippen molar-refractivity contribution in [3.05, 3.63) is 35.9 Å². The summed E-state index contributed by atoms with van der Waals surface area (Å²) in [5.74, 6) is -2.07. The van der Waals surface area contributed by atoms with E-state index in [1.54, 1.807) is 0 Å². The maximum absolute atomic E-state index is 13.4. The number of carbonyl (C=O) groups is 2. The Bertz CT molecular complexity index is 805. The van der Waals surface area contributed by atoms with E-state index in [1.807, 2.05) is 30.3 Å². The molecule has 2 saturated heterocycles. The summed E-state index contributed by atoms with van der Waals surface area (Å²) in [6.45, 7) is 2.40. The fraction of sp³-hybridized carbons (Fsp3) is 0.636. The Balaban J connectivity index is 1.45. The van der Waals surface area contributed by atoms with Crippen LogP contribution in [0.2, 0.25) is 0 Å². The number of ether oxygens (including phenoxy) is 1. The molecule has 6 nitrogen and oxygen atoms in total. The predicted octanol–water partition coefficient (Wildman–Crippen LogP) is 2.30. The molecule has 0 spiro atoms. The van der Waals surface area contributed by atoms with Crippen LogP contribution in [0.1, 0.15) is 37.2 Å². The molecule has 2 aliphatic heterocycles. The number of amides is 1. The third-order valence-electron chi connectivity index (χ3n) is 6.96. The van der Waals surface area contributed by atoms with Gasteiger partial charge < -0.3 is 15.0 Å². The average molecular weight is 439 g/mol. The molecular weight excluding hydrogens is 411 g/mol. The second kappa shape index (κ2) is 8.43. The highest BCUT2D eigenvalue weighted by Gasteiger charge is 2.55. The summed E-state index contributed by atoms with van der Waals surface area (Å²) in [6, 6.07) is 8.55. The topological polar surface area (TPSA) is 61.9 Å². The molecule has 1 saturated carbocycles. The summed E-state index contributed by atoms with van der Waals surface area (Å²) >= 11 is 0. The summed E-state index contributed by atoms with van der Waals surface area (Å²) in [5.41, 5.74) is 0.630. The first-order valence-electron chi connectivity index (χ1n) is 10.7. The van der Waals surface area contributed by atoms with E-state index in [1.165, 1.54) is 7.11 Å². The minimum atomic E-state index is -4.88. The Kier molecular flexibility index (Phi) is 6.00. The summed E-state index contributed by atoms with van der Waals surface area (Å²) < 4.78 is 45.1. The van der Waals surface area contributed by atoms with E-state index in [9.17, 15) is 22.8 Å². The second-order valence-corrected chi connectivity index (χ2v) is 8.83. The fourth-order valence-electron chi connectivity index (χ4n) is 5.11. The number of alkyl halides is 3. The van der Waals surface area contributed by atoms with Crippen molar-refractivity contribution in [1.82, 2.24) is 15.1 Å². The third kappa shape index (κ3) is 4.43. The van der Waals surface area contributed by atoms with Crippen LogP contribution in [0.15, 0.2) is 30.3 Å². The summed E-state index contributed by atoms with van der Waals surface area (Å²) in [6.07, 6.45) is -3.15. The number of hydrogen-bond donors (Lipinski definition) is 1. The quantitative estimate of drug-likeness (QED) is 0.690. The SMILES string of the molecule is COC(=O)CC1(N2CCC(N(C(=O)C(F)(F)F)[C@@H]3CC3c3ccccc3)CC2)CNC1. The molecule has 9 heteroatoms. The van der Waals surface area contributed by atoms with Gasteiger partial charge in [-0.2, -0.15) is 13.2 Å². The maximum atomic E-state index is 13.4. The van der Waals surface area contributed by atoms with E-state index in [-0.39, 0.29) is 23.8 Å². The van der Waals surface area contributed by atoms with Crippen LogP contribution in [-0.4, -0.2) is 78.8 Å². The van der Waals surface area contributed by atoms with E-state index in [0.29, 0.717) is 45.4 Å². The molecule has 0 radical (unpaired) electrons. The third-order valence-corrected chi connectivity index (χ3v) is 6.96. The molecular formula is C22H28F3N3O3. The van der Waals surface area contributed by atoms with Crippen LogP contribution in [-0.2, 0) is 14.3 Å². The number of esters is 1. The number of hydrogen-bond acceptors (Lipinski definition) is 5. The molecule has 2 atom stereocenters. The molecule has 3 aliphatic rings. The van der Waals surface area contributed by atoms with E-state index < -0.39 is 24.2 Å². The predicted molar refractivity (Wildman–Crippen MR) is 107 cm³/mol. The Morgan fingerprint density at radius 2 is 1.84 bits per heavy atom. The Morgan fingerprint density at radius 3 is 2.35 bits per heavy atom. The van der Waals surface area contributed by atoms with Crippen LogP contribution in [0.5, 0.6) is 0 Å². The number of piperidine rings is 1. The van der Waals surface area contributed by atoms with Crippen molar-refractivity contribution >= 4 is 11.9 Å². The Morgan fingerprint density at radius 1 is 1.19 bits per heavy atom. The molecule has 4 rings (SSSR count). The zero-order valence-electron chi connectivity index (χ0n) is 17.5. The van der Waals surface area contributed by atoms with Crippen molar-refractivity contribution in [2.75, 3.05) is 33.3 Å². The van der Waals surface area contributed by atoms with Crippen LogP contribution < -0.4 is 5.32 Å². The number of nitrogens with zero attached hydrogens (tertiary/aromatic N) is 2. The molecule has 170 valence electrons. The lowest BCUT2D eigenvalue weighted by atomic mass is 9.84. The molecule has 0 aromatic heterocycles. The molecule has 2 heterocycles. The number of halogens is 3. The van der Waals surface area contributed by atoms with Gasteiger partial charge in [-0.25, -0.2) is 0 Å². The van der Waals surface area contributed by atoms with E-state index in [2.05, 4.69) is 10.2 Å². The standard InChI is InChI=1S/C22H28F3N3O3/c1-31-19(29)12-21(13-26-14-21)27-9-7-16(8-10-27)28(20(30)22(23,24)25)18-11-17(18)15-5-3-2-4-6-15/h2-6,16-18,26H,7-14H2,1H3/t17?,18-/m1/s1. The van der Waals surface area contributed by atoms with Crippen LogP contribution in [0.3, 0.4) is 0 Å². The highest BCUT2D eigenvalue weighted by Crippen LogP contribution is 2.47. The zero-order chi connectivity index (χ0) is 22.2. The number of benzene rings is 1. The largest absolute Gasteiger partial charge is 0.471 e. The Hall–Kier alpha value is -2.13. The van der Waals surface area contributed by atoms with Crippen molar-refractivity contribution in [3.63, 3.8) is 0 Å². The number of rotatable bonds is 6. The first-order chi connectivity index (χ1) is 14.7. The van der Waals surface area contributed by atoms with Gasteiger partial charge >= 0.3 is 18.1 Å². The normalized spacial score (nSPS) is 26.1. The molecule has 1 aliphatic carbocycles.